The number of nitrogens with one attached hydrogen (secondary N) is 2. The van der Waals surface area contributed by atoms with Crippen LogP contribution in [0, 0.1) is 0 Å². The summed E-state index contributed by atoms with van der Waals surface area (Å²) in [4.78, 5) is 21.2. The summed E-state index contributed by atoms with van der Waals surface area (Å²) < 4.78 is 0. The third-order valence-electron chi connectivity index (χ3n) is 4.84. The van der Waals surface area contributed by atoms with Crippen molar-refractivity contribution in [3.8, 4) is 0 Å². The molecule has 2 aromatic rings. The molecule has 1 fully saturated rings. The number of hydrogen-bond acceptors (Lipinski definition) is 4. The van der Waals surface area contributed by atoms with Crippen molar-refractivity contribution in [2.75, 3.05) is 36.0 Å². The highest BCUT2D eigenvalue weighted by atomic mass is 16.2. The average molecular weight is 337 g/mol. The third kappa shape index (κ3) is 3.30. The fraction of sp³-hybridized carbons (Fsp3) is 0.368. The zero-order chi connectivity index (χ0) is 17.1. The van der Waals surface area contributed by atoms with E-state index in [1.807, 2.05) is 47.4 Å². The van der Waals surface area contributed by atoms with Crippen molar-refractivity contribution in [2.45, 2.75) is 18.9 Å². The molecule has 0 unspecified atom stereocenters. The van der Waals surface area contributed by atoms with Crippen molar-refractivity contribution >= 4 is 23.2 Å². The van der Waals surface area contributed by atoms with Crippen molar-refractivity contribution in [3.05, 3.63) is 48.7 Å². The fourth-order valence-electron chi connectivity index (χ4n) is 3.56. The fourth-order valence-corrected chi connectivity index (χ4v) is 3.56. The Morgan fingerprint density at radius 2 is 2.00 bits per heavy atom. The van der Waals surface area contributed by atoms with E-state index in [1.165, 1.54) is 6.42 Å². The topological polar surface area (TPSA) is 60.5 Å². The number of para-hydroxylation sites is 2. The quantitative estimate of drug-likeness (QED) is 0.903. The van der Waals surface area contributed by atoms with Gasteiger partial charge in [-0.1, -0.05) is 18.2 Å². The van der Waals surface area contributed by atoms with Gasteiger partial charge in [0, 0.05) is 31.9 Å². The molecule has 6 heteroatoms. The smallest absolute Gasteiger partial charge is 0.322 e. The molecule has 0 bridgehead atoms. The molecule has 3 heterocycles. The zero-order valence-electron chi connectivity index (χ0n) is 14.2. The number of hydrogen-bond donors (Lipinski definition) is 2. The number of fused-ring (bicyclic) bond motifs is 1. The lowest BCUT2D eigenvalue weighted by atomic mass is 10.1. The maximum Gasteiger partial charge on any atom is 0.322 e. The van der Waals surface area contributed by atoms with Crippen LogP contribution in [-0.2, 0) is 0 Å². The predicted molar refractivity (Wildman–Crippen MR) is 99.5 cm³/mol. The Hall–Kier alpha value is -2.60. The van der Waals surface area contributed by atoms with Gasteiger partial charge >= 0.3 is 6.03 Å². The van der Waals surface area contributed by atoms with Gasteiger partial charge in [-0.25, -0.2) is 9.78 Å². The molecule has 1 saturated heterocycles. The number of anilines is 3. The number of benzene rings is 1. The number of urea groups is 1. The maximum absolute atomic E-state index is 12.7. The highest BCUT2D eigenvalue weighted by Gasteiger charge is 2.28. The minimum atomic E-state index is -0.0261. The molecular formula is C19H23N5O. The first-order valence-electron chi connectivity index (χ1n) is 8.89. The Kier molecular flexibility index (Phi) is 4.52. The molecule has 130 valence electrons. The van der Waals surface area contributed by atoms with Gasteiger partial charge in [-0.2, -0.15) is 0 Å². The van der Waals surface area contributed by atoms with E-state index in [0.717, 1.165) is 36.7 Å². The van der Waals surface area contributed by atoms with E-state index < -0.39 is 0 Å². The molecule has 25 heavy (non-hydrogen) atoms. The zero-order valence-corrected chi connectivity index (χ0v) is 14.2. The number of carbonyl (C=O) groups is 1. The summed E-state index contributed by atoms with van der Waals surface area (Å²) >= 11 is 0. The molecule has 0 saturated carbocycles. The third-order valence-corrected chi connectivity index (χ3v) is 4.84. The van der Waals surface area contributed by atoms with Gasteiger partial charge in [0.1, 0.15) is 5.82 Å². The SMILES string of the molecule is O=C(NC[C@H]1CCCN1)N1CCN(c2ccccn2)c2ccccc21. The molecule has 1 atom stereocenters. The summed E-state index contributed by atoms with van der Waals surface area (Å²) in [7, 11) is 0. The lowest BCUT2D eigenvalue weighted by Crippen LogP contribution is -2.49. The maximum atomic E-state index is 12.7. The lowest BCUT2D eigenvalue weighted by molar-refractivity contribution is 0.245. The van der Waals surface area contributed by atoms with Crippen LogP contribution in [-0.4, -0.2) is 43.2 Å². The Morgan fingerprint density at radius 3 is 2.76 bits per heavy atom. The lowest BCUT2D eigenvalue weighted by Gasteiger charge is -2.37. The minimum Gasteiger partial charge on any atom is -0.336 e. The number of carbonyl (C=O) groups excluding carboxylic acids is 1. The second-order valence-corrected chi connectivity index (χ2v) is 6.46. The molecule has 0 radical (unpaired) electrons. The van der Waals surface area contributed by atoms with Crippen LogP contribution in [0.1, 0.15) is 12.8 Å². The van der Waals surface area contributed by atoms with Crippen molar-refractivity contribution in [2.24, 2.45) is 0 Å². The molecule has 2 aliphatic rings. The molecule has 6 nitrogen and oxygen atoms in total. The number of aromatic nitrogens is 1. The van der Waals surface area contributed by atoms with Crippen LogP contribution < -0.4 is 20.4 Å². The largest absolute Gasteiger partial charge is 0.336 e. The molecule has 0 aliphatic carbocycles. The van der Waals surface area contributed by atoms with Crippen molar-refractivity contribution in [1.82, 2.24) is 15.6 Å². The second-order valence-electron chi connectivity index (χ2n) is 6.46. The van der Waals surface area contributed by atoms with Gasteiger partial charge in [-0.05, 0) is 43.7 Å². The first-order chi connectivity index (χ1) is 12.3. The summed E-state index contributed by atoms with van der Waals surface area (Å²) in [6.07, 6.45) is 4.11. The van der Waals surface area contributed by atoms with E-state index in [0.29, 0.717) is 19.1 Å². The molecule has 2 amide bonds. The van der Waals surface area contributed by atoms with E-state index >= 15 is 0 Å². The van der Waals surface area contributed by atoms with E-state index in [4.69, 9.17) is 0 Å². The van der Waals surface area contributed by atoms with Gasteiger partial charge in [0.2, 0.25) is 0 Å². The van der Waals surface area contributed by atoms with Gasteiger partial charge in [0.15, 0.2) is 0 Å². The monoisotopic (exact) mass is 337 g/mol. The van der Waals surface area contributed by atoms with Crippen LogP contribution in [0.2, 0.25) is 0 Å². The predicted octanol–water partition coefficient (Wildman–Crippen LogP) is 2.50. The van der Waals surface area contributed by atoms with Gasteiger partial charge in [0.25, 0.3) is 0 Å². The van der Waals surface area contributed by atoms with E-state index in [1.54, 1.807) is 6.20 Å². The van der Waals surface area contributed by atoms with Crippen LogP contribution in [0.3, 0.4) is 0 Å². The molecule has 0 spiro atoms. The molecule has 2 aliphatic heterocycles. The summed E-state index contributed by atoms with van der Waals surface area (Å²) in [5.41, 5.74) is 1.94. The van der Waals surface area contributed by atoms with Gasteiger partial charge in [-0.15, -0.1) is 0 Å². The Labute approximate surface area is 147 Å². The normalized spacial score (nSPS) is 19.6. The van der Waals surface area contributed by atoms with E-state index in [2.05, 4.69) is 20.5 Å². The summed E-state index contributed by atoms with van der Waals surface area (Å²) in [6, 6.07) is 14.3. The minimum absolute atomic E-state index is 0.0261. The number of rotatable bonds is 3. The summed E-state index contributed by atoms with van der Waals surface area (Å²) in [6.45, 7) is 3.09. The van der Waals surface area contributed by atoms with Crippen LogP contribution in [0.5, 0.6) is 0 Å². The van der Waals surface area contributed by atoms with Crippen LogP contribution in [0.25, 0.3) is 0 Å². The molecule has 2 N–H and O–H groups in total. The Bertz CT molecular complexity index is 730. The summed E-state index contributed by atoms with van der Waals surface area (Å²) in [5.74, 6) is 0.908. The summed E-state index contributed by atoms with van der Waals surface area (Å²) in [5, 5.41) is 6.49. The number of amides is 2. The molecule has 1 aromatic carbocycles. The first kappa shape index (κ1) is 15.9. The highest BCUT2D eigenvalue weighted by molar-refractivity contribution is 5.97. The number of pyridine rings is 1. The van der Waals surface area contributed by atoms with Crippen LogP contribution >= 0.6 is 0 Å². The second kappa shape index (κ2) is 7.11. The van der Waals surface area contributed by atoms with E-state index in [-0.39, 0.29) is 6.03 Å². The number of nitrogens with zero attached hydrogens (tertiary/aromatic N) is 3. The van der Waals surface area contributed by atoms with E-state index in [9.17, 15) is 4.79 Å². The average Bonchev–Trinajstić information content (AvgIpc) is 3.19. The standard InChI is InChI=1S/C19H23N5O/c25-19(22-14-15-6-5-11-20-15)24-13-12-23(18-9-3-4-10-21-18)16-7-1-2-8-17(16)24/h1-4,7-10,15,20H,5-6,11-14H2,(H,22,25)/t15-/m1/s1. The van der Waals surface area contributed by atoms with Crippen molar-refractivity contribution in [1.29, 1.82) is 0 Å². The molecule has 1 aromatic heterocycles. The van der Waals surface area contributed by atoms with Crippen LogP contribution in [0.4, 0.5) is 22.0 Å². The van der Waals surface area contributed by atoms with Crippen LogP contribution in [0.15, 0.2) is 48.7 Å². The molecule has 4 rings (SSSR count). The van der Waals surface area contributed by atoms with Crippen molar-refractivity contribution < 1.29 is 4.79 Å². The van der Waals surface area contributed by atoms with Gasteiger partial charge in [0.05, 0.1) is 11.4 Å². The Balaban J connectivity index is 1.53. The molecular weight excluding hydrogens is 314 g/mol. The highest BCUT2D eigenvalue weighted by Crippen LogP contribution is 2.36. The van der Waals surface area contributed by atoms with Gasteiger partial charge in [-0.3, -0.25) is 4.90 Å². The Morgan fingerprint density at radius 1 is 1.16 bits per heavy atom. The van der Waals surface area contributed by atoms with Crippen molar-refractivity contribution in [3.63, 3.8) is 0 Å². The van der Waals surface area contributed by atoms with Gasteiger partial charge < -0.3 is 15.5 Å². The first-order valence-corrected chi connectivity index (χ1v) is 8.89.